The Morgan fingerprint density at radius 1 is 0.711 bits per heavy atom. The Kier molecular flexibility index (Phi) is 22.2. The third-order valence-electron chi connectivity index (χ3n) is 7.77. The summed E-state index contributed by atoms with van der Waals surface area (Å²) in [7, 11) is 0. The molecule has 0 aromatic carbocycles. The second-order valence-corrected chi connectivity index (χ2v) is 11.3. The van der Waals surface area contributed by atoms with Gasteiger partial charge in [0.05, 0.1) is 13.0 Å². The highest BCUT2D eigenvalue weighted by Gasteiger charge is 2.34. The first-order valence-corrected chi connectivity index (χ1v) is 16.3. The largest absolute Gasteiger partial charge is 0.466 e. The van der Waals surface area contributed by atoms with Crippen LogP contribution in [0.1, 0.15) is 162 Å². The molecule has 1 aliphatic heterocycles. The Hall–Kier alpha value is -1.59. The molecule has 2 amide bonds. The fourth-order valence-corrected chi connectivity index (χ4v) is 5.26. The molecule has 1 aliphatic rings. The maximum absolute atomic E-state index is 12.8. The minimum absolute atomic E-state index is 0.0156. The minimum Gasteiger partial charge on any atom is -0.466 e. The van der Waals surface area contributed by atoms with Gasteiger partial charge in [-0.25, -0.2) is 0 Å². The van der Waals surface area contributed by atoms with Crippen LogP contribution in [-0.4, -0.2) is 48.4 Å². The van der Waals surface area contributed by atoms with E-state index in [-0.39, 0.29) is 18.2 Å². The second-order valence-electron chi connectivity index (χ2n) is 11.3. The monoisotopic (exact) mass is 536 g/mol. The van der Waals surface area contributed by atoms with Gasteiger partial charge < -0.3 is 15.0 Å². The van der Waals surface area contributed by atoms with E-state index in [2.05, 4.69) is 12.2 Å². The average molecular weight is 537 g/mol. The third-order valence-corrected chi connectivity index (χ3v) is 7.77. The lowest BCUT2D eigenvalue weighted by atomic mass is 10.0. The first-order valence-electron chi connectivity index (χ1n) is 16.3. The Morgan fingerprint density at radius 3 is 1.63 bits per heavy atom. The van der Waals surface area contributed by atoms with Gasteiger partial charge in [-0.3, -0.25) is 14.4 Å². The topological polar surface area (TPSA) is 75.7 Å². The van der Waals surface area contributed by atoms with E-state index in [9.17, 15) is 14.4 Å². The molecular weight excluding hydrogens is 476 g/mol. The number of rotatable bonds is 25. The Labute approximate surface area is 234 Å². The van der Waals surface area contributed by atoms with Crippen molar-refractivity contribution in [1.29, 1.82) is 0 Å². The van der Waals surface area contributed by atoms with E-state index in [0.717, 1.165) is 25.7 Å². The highest BCUT2D eigenvalue weighted by atomic mass is 16.5. The van der Waals surface area contributed by atoms with Crippen LogP contribution in [0.5, 0.6) is 0 Å². The van der Waals surface area contributed by atoms with Gasteiger partial charge in [0.25, 0.3) is 0 Å². The van der Waals surface area contributed by atoms with Gasteiger partial charge in [-0.2, -0.15) is 0 Å². The molecule has 0 aromatic rings. The summed E-state index contributed by atoms with van der Waals surface area (Å²) >= 11 is 0. The molecule has 38 heavy (non-hydrogen) atoms. The molecule has 1 atom stereocenters. The number of hydrogen-bond donors (Lipinski definition) is 1. The van der Waals surface area contributed by atoms with Crippen LogP contribution < -0.4 is 5.32 Å². The lowest BCUT2D eigenvalue weighted by molar-refractivity contribution is -0.152. The molecular formula is C32H60N2O4. The highest BCUT2D eigenvalue weighted by Crippen LogP contribution is 2.17. The van der Waals surface area contributed by atoms with Crippen LogP contribution in [0.3, 0.4) is 0 Å². The zero-order chi connectivity index (χ0) is 27.7. The zero-order valence-electron chi connectivity index (χ0n) is 25.0. The van der Waals surface area contributed by atoms with Gasteiger partial charge in [-0.15, -0.1) is 0 Å². The molecule has 0 aromatic heterocycles. The SMILES string of the molecule is CCCCCCCCCCCCCCCCCCCCCC(=O)N1CCNC(=O)C1CC(=O)OCCCC. The van der Waals surface area contributed by atoms with Gasteiger partial charge in [-0.05, 0) is 12.8 Å². The van der Waals surface area contributed by atoms with Crippen LogP contribution in [0.2, 0.25) is 0 Å². The number of unbranched alkanes of at least 4 members (excludes halogenated alkanes) is 19. The summed E-state index contributed by atoms with van der Waals surface area (Å²) in [5.74, 6) is -0.662. The van der Waals surface area contributed by atoms with Crippen molar-refractivity contribution in [3.63, 3.8) is 0 Å². The van der Waals surface area contributed by atoms with Crippen molar-refractivity contribution in [2.75, 3.05) is 19.7 Å². The van der Waals surface area contributed by atoms with E-state index >= 15 is 0 Å². The average Bonchev–Trinajstić information content (AvgIpc) is 2.91. The van der Waals surface area contributed by atoms with Crippen LogP contribution in [0, 0.1) is 0 Å². The van der Waals surface area contributed by atoms with Crippen LogP contribution in [0.25, 0.3) is 0 Å². The normalized spacial score (nSPS) is 15.5. The molecule has 1 rings (SSSR count). The number of nitrogens with zero attached hydrogens (tertiary/aromatic N) is 1. The van der Waals surface area contributed by atoms with Crippen LogP contribution in [0.4, 0.5) is 0 Å². The number of carbonyl (C=O) groups is 3. The predicted molar refractivity (Wildman–Crippen MR) is 157 cm³/mol. The van der Waals surface area contributed by atoms with Gasteiger partial charge >= 0.3 is 5.97 Å². The van der Waals surface area contributed by atoms with Gasteiger partial charge in [-0.1, -0.05) is 136 Å². The van der Waals surface area contributed by atoms with Crippen molar-refractivity contribution in [2.45, 2.75) is 168 Å². The van der Waals surface area contributed by atoms with Gasteiger partial charge in [0.15, 0.2) is 0 Å². The summed E-state index contributed by atoms with van der Waals surface area (Å²) < 4.78 is 5.21. The van der Waals surface area contributed by atoms with E-state index in [1.54, 1.807) is 4.90 Å². The summed E-state index contributed by atoms with van der Waals surface area (Å²) in [5, 5.41) is 2.78. The summed E-state index contributed by atoms with van der Waals surface area (Å²) in [6.45, 7) is 5.60. The highest BCUT2D eigenvalue weighted by molar-refractivity contribution is 5.91. The zero-order valence-corrected chi connectivity index (χ0v) is 25.0. The second kappa shape index (κ2) is 24.5. The van der Waals surface area contributed by atoms with Crippen LogP contribution in [-0.2, 0) is 19.1 Å². The molecule has 0 spiro atoms. The Balaban J connectivity index is 1.98. The van der Waals surface area contributed by atoms with Crippen molar-refractivity contribution in [3.05, 3.63) is 0 Å². The van der Waals surface area contributed by atoms with Gasteiger partial charge in [0.1, 0.15) is 6.04 Å². The standard InChI is InChI=1S/C32H60N2O4/c1-3-5-7-8-9-10-11-12-13-14-15-16-17-18-19-20-21-22-23-24-30(35)34-26-25-33-32(37)29(34)28-31(36)38-27-6-4-2/h29H,3-28H2,1-2H3,(H,33,37). The van der Waals surface area contributed by atoms with Crippen molar-refractivity contribution in [1.82, 2.24) is 10.2 Å². The third kappa shape index (κ3) is 17.8. The molecule has 6 nitrogen and oxygen atoms in total. The number of amides is 2. The van der Waals surface area contributed by atoms with E-state index < -0.39 is 12.0 Å². The van der Waals surface area contributed by atoms with E-state index in [1.165, 1.54) is 109 Å². The fraction of sp³-hybridized carbons (Fsp3) is 0.906. The van der Waals surface area contributed by atoms with Gasteiger partial charge in [0.2, 0.25) is 11.8 Å². The molecule has 6 heteroatoms. The fourth-order valence-electron chi connectivity index (χ4n) is 5.26. The first kappa shape index (κ1) is 34.4. The quantitative estimate of drug-likeness (QED) is 0.0951. The van der Waals surface area contributed by atoms with Crippen molar-refractivity contribution in [3.8, 4) is 0 Å². The molecule has 1 unspecified atom stereocenters. The molecule has 1 N–H and O–H groups in total. The first-order chi connectivity index (χ1) is 18.6. The smallest absolute Gasteiger partial charge is 0.308 e. The van der Waals surface area contributed by atoms with E-state index in [1.807, 2.05) is 6.92 Å². The molecule has 0 saturated carbocycles. The molecule has 0 radical (unpaired) electrons. The number of hydrogen-bond acceptors (Lipinski definition) is 4. The number of piperazine rings is 1. The summed E-state index contributed by atoms with van der Waals surface area (Å²) in [6.07, 6.45) is 27.4. The van der Waals surface area contributed by atoms with Crippen molar-refractivity contribution in [2.24, 2.45) is 0 Å². The molecule has 1 saturated heterocycles. The molecule has 1 fully saturated rings. The van der Waals surface area contributed by atoms with Crippen LogP contribution in [0.15, 0.2) is 0 Å². The van der Waals surface area contributed by atoms with Crippen molar-refractivity contribution < 1.29 is 19.1 Å². The number of ether oxygens (including phenoxy) is 1. The predicted octanol–water partition coefficient (Wildman–Crippen LogP) is 7.87. The Morgan fingerprint density at radius 2 is 1.16 bits per heavy atom. The lowest BCUT2D eigenvalue weighted by Gasteiger charge is -2.34. The molecule has 0 bridgehead atoms. The summed E-state index contributed by atoms with van der Waals surface area (Å²) in [5.41, 5.74) is 0. The maximum atomic E-state index is 12.8. The lowest BCUT2D eigenvalue weighted by Crippen LogP contribution is -2.57. The number of carbonyl (C=O) groups excluding carboxylic acids is 3. The van der Waals surface area contributed by atoms with Crippen molar-refractivity contribution >= 4 is 17.8 Å². The molecule has 0 aliphatic carbocycles. The van der Waals surface area contributed by atoms with Gasteiger partial charge in [0, 0.05) is 19.5 Å². The summed E-state index contributed by atoms with van der Waals surface area (Å²) in [6, 6.07) is -0.731. The Bertz CT molecular complexity index is 610. The summed E-state index contributed by atoms with van der Waals surface area (Å²) in [4.78, 5) is 38.8. The molecule has 1 heterocycles. The van der Waals surface area contributed by atoms with Crippen LogP contribution >= 0.6 is 0 Å². The number of esters is 1. The maximum Gasteiger partial charge on any atom is 0.308 e. The molecule has 222 valence electrons. The van der Waals surface area contributed by atoms with E-state index in [4.69, 9.17) is 4.74 Å². The minimum atomic E-state index is -0.731. The van der Waals surface area contributed by atoms with E-state index in [0.29, 0.717) is 26.1 Å². The number of nitrogens with one attached hydrogen (secondary N) is 1.